The predicted molar refractivity (Wildman–Crippen MR) is 97.3 cm³/mol. The molecule has 1 saturated carbocycles. The Hall–Kier alpha value is -2.43. The van der Waals surface area contributed by atoms with E-state index in [4.69, 9.17) is 11.3 Å². The van der Waals surface area contributed by atoms with E-state index in [9.17, 15) is 17.9 Å². The molecule has 0 heterocycles. The molecule has 0 aliphatic heterocycles. The topological polar surface area (TPSA) is 68.0 Å². The smallest absolute Gasteiger partial charge is 0.193 e. The molecule has 4 rings (SSSR count). The van der Waals surface area contributed by atoms with Crippen LogP contribution in [-0.2, 0) is 16.3 Å². The van der Waals surface area contributed by atoms with Gasteiger partial charge in [0.15, 0.2) is 15.5 Å². The first-order valence-electron chi connectivity index (χ1n) is 8.84. The van der Waals surface area contributed by atoms with Gasteiger partial charge >= 0.3 is 0 Å². The van der Waals surface area contributed by atoms with Gasteiger partial charge in [-0.3, -0.25) is 0 Å². The van der Waals surface area contributed by atoms with Crippen molar-refractivity contribution in [2.75, 3.05) is 0 Å². The van der Waals surface area contributed by atoms with Crippen LogP contribution in [0.5, 0.6) is 11.5 Å². The van der Waals surface area contributed by atoms with E-state index in [-0.39, 0.29) is 21.6 Å². The van der Waals surface area contributed by atoms with Crippen LogP contribution >= 0.6 is 0 Å². The van der Waals surface area contributed by atoms with Crippen LogP contribution in [0, 0.1) is 12.4 Å². The monoisotopic (exact) mass is 387 g/mol. The summed E-state index contributed by atoms with van der Waals surface area (Å²) >= 11 is 0. The molecule has 0 saturated heterocycles. The zero-order chi connectivity index (χ0) is 19.2. The van der Waals surface area contributed by atoms with E-state index in [0.29, 0.717) is 42.6 Å². The van der Waals surface area contributed by atoms with E-state index in [1.807, 2.05) is 0 Å². The van der Waals surface area contributed by atoms with E-state index in [1.54, 1.807) is 6.07 Å². The normalized spacial score (nSPS) is 19.2. The second-order valence-corrected chi connectivity index (χ2v) is 9.16. The van der Waals surface area contributed by atoms with E-state index in [0.717, 1.165) is 12.5 Å². The second-order valence-electron chi connectivity index (χ2n) is 6.97. The van der Waals surface area contributed by atoms with Crippen molar-refractivity contribution in [3.63, 3.8) is 0 Å². The van der Waals surface area contributed by atoms with Crippen molar-refractivity contribution in [3.8, 4) is 11.5 Å². The molecule has 5 nitrogen and oxygen atoms in total. The van der Waals surface area contributed by atoms with Crippen molar-refractivity contribution in [1.29, 1.82) is 0 Å². The van der Waals surface area contributed by atoms with Crippen LogP contribution in [0.3, 0.4) is 0 Å². The highest BCUT2D eigenvalue weighted by Crippen LogP contribution is 2.44. The maximum Gasteiger partial charge on any atom is 0.193 e. The van der Waals surface area contributed by atoms with E-state index < -0.39 is 21.8 Å². The highest BCUT2D eigenvalue weighted by atomic mass is 32.2. The second kappa shape index (κ2) is 6.63. The lowest BCUT2D eigenvalue weighted by Crippen LogP contribution is -2.29. The van der Waals surface area contributed by atoms with Gasteiger partial charge in [-0.1, -0.05) is 6.42 Å². The number of ether oxygens (including phenoxy) is 1. The molecule has 0 aromatic heterocycles. The summed E-state index contributed by atoms with van der Waals surface area (Å²) in [4.78, 5) is 3.39. The SMILES string of the molecule is [C-]#[N+]c1cc(F)cc(Oc2ccc(S(=O)(=O)C3CCC3)c3c2CCC3O)c1. The van der Waals surface area contributed by atoms with Crippen molar-refractivity contribution in [1.82, 2.24) is 0 Å². The molecule has 2 aromatic carbocycles. The third kappa shape index (κ3) is 3.09. The largest absolute Gasteiger partial charge is 0.458 e. The molecule has 7 heteroatoms. The fourth-order valence-electron chi connectivity index (χ4n) is 3.67. The Kier molecular flexibility index (Phi) is 4.41. The van der Waals surface area contributed by atoms with E-state index in [1.165, 1.54) is 18.2 Å². The van der Waals surface area contributed by atoms with Crippen LogP contribution in [0.2, 0.25) is 0 Å². The van der Waals surface area contributed by atoms with Gasteiger partial charge in [0.25, 0.3) is 0 Å². The number of nitrogens with zero attached hydrogens (tertiary/aromatic N) is 1. The summed E-state index contributed by atoms with van der Waals surface area (Å²) in [5.74, 6) is -0.0332. The molecular formula is C20H18FNO4S. The molecule has 27 heavy (non-hydrogen) atoms. The van der Waals surface area contributed by atoms with Gasteiger partial charge < -0.3 is 9.84 Å². The van der Waals surface area contributed by atoms with Crippen molar-refractivity contribution in [2.45, 2.75) is 48.4 Å². The van der Waals surface area contributed by atoms with E-state index >= 15 is 0 Å². The lowest BCUT2D eigenvalue weighted by molar-refractivity contribution is 0.177. The molecule has 1 atom stereocenters. The van der Waals surface area contributed by atoms with Crippen LogP contribution in [-0.4, -0.2) is 18.8 Å². The molecule has 2 aliphatic rings. The zero-order valence-electron chi connectivity index (χ0n) is 14.5. The van der Waals surface area contributed by atoms with Crippen molar-refractivity contribution >= 4 is 15.5 Å². The average molecular weight is 387 g/mol. The fourth-order valence-corrected chi connectivity index (χ4v) is 5.81. The lowest BCUT2D eigenvalue weighted by Gasteiger charge is -2.27. The Bertz CT molecular complexity index is 1050. The molecule has 2 aromatic rings. The first-order valence-corrected chi connectivity index (χ1v) is 10.4. The summed E-state index contributed by atoms with van der Waals surface area (Å²) < 4.78 is 45.2. The summed E-state index contributed by atoms with van der Waals surface area (Å²) in [6.45, 7) is 7.03. The summed E-state index contributed by atoms with van der Waals surface area (Å²) in [6, 6.07) is 6.75. The zero-order valence-corrected chi connectivity index (χ0v) is 15.3. The molecule has 1 N–H and O–H groups in total. The van der Waals surface area contributed by atoms with Gasteiger partial charge in [0.05, 0.1) is 22.8 Å². The summed E-state index contributed by atoms with van der Waals surface area (Å²) in [5.41, 5.74) is 1.16. The number of aliphatic hydroxyl groups is 1. The molecule has 1 fully saturated rings. The Morgan fingerprint density at radius 1 is 1.19 bits per heavy atom. The van der Waals surface area contributed by atoms with Crippen LogP contribution < -0.4 is 4.74 Å². The molecule has 0 spiro atoms. The number of hydrogen-bond acceptors (Lipinski definition) is 4. The van der Waals surface area contributed by atoms with Gasteiger partial charge in [0, 0.05) is 17.2 Å². The van der Waals surface area contributed by atoms with Gasteiger partial charge in [-0.15, -0.1) is 0 Å². The van der Waals surface area contributed by atoms with Gasteiger partial charge in [0.1, 0.15) is 17.3 Å². The van der Waals surface area contributed by atoms with Crippen LogP contribution in [0.1, 0.15) is 42.9 Å². The molecule has 0 bridgehead atoms. The summed E-state index contributed by atoms with van der Waals surface area (Å²) in [7, 11) is -3.48. The number of benzene rings is 2. The van der Waals surface area contributed by atoms with Crippen LogP contribution in [0.15, 0.2) is 35.2 Å². The standard InChI is InChI=1S/C20H18FNO4S/c1-22-13-9-12(21)10-14(11-13)26-18-7-8-19(20-16(18)5-6-17(20)23)27(24,25)15-3-2-4-15/h7-11,15,17,23H,2-6H2. The number of hydrogen-bond donors (Lipinski definition) is 1. The minimum Gasteiger partial charge on any atom is -0.458 e. The number of aliphatic hydroxyl groups excluding tert-OH is 1. The molecular weight excluding hydrogens is 369 g/mol. The Morgan fingerprint density at radius 3 is 2.63 bits per heavy atom. The third-order valence-electron chi connectivity index (χ3n) is 5.29. The minimum atomic E-state index is -3.48. The van der Waals surface area contributed by atoms with Gasteiger partial charge in [0.2, 0.25) is 0 Å². The Morgan fingerprint density at radius 2 is 1.96 bits per heavy atom. The van der Waals surface area contributed by atoms with Crippen LogP contribution in [0.4, 0.5) is 10.1 Å². The van der Waals surface area contributed by atoms with Crippen LogP contribution in [0.25, 0.3) is 4.85 Å². The summed E-state index contributed by atoms with van der Waals surface area (Å²) in [6.07, 6.45) is 2.23. The van der Waals surface area contributed by atoms with E-state index in [2.05, 4.69) is 4.85 Å². The number of halogens is 1. The maximum atomic E-state index is 13.7. The first kappa shape index (κ1) is 18.0. The molecule has 0 amide bonds. The lowest BCUT2D eigenvalue weighted by atomic mass is 10.00. The average Bonchev–Trinajstić information content (AvgIpc) is 2.95. The highest BCUT2D eigenvalue weighted by Gasteiger charge is 2.38. The number of rotatable bonds is 4. The Labute approximate surface area is 157 Å². The van der Waals surface area contributed by atoms with Crippen molar-refractivity contribution in [3.05, 3.63) is 58.7 Å². The maximum absolute atomic E-state index is 13.7. The predicted octanol–water partition coefficient (Wildman–Crippen LogP) is 4.47. The molecule has 2 aliphatic carbocycles. The van der Waals surface area contributed by atoms with Gasteiger partial charge in [-0.05, 0) is 49.9 Å². The summed E-state index contributed by atoms with van der Waals surface area (Å²) in [5, 5.41) is 10.0. The van der Waals surface area contributed by atoms with Crippen molar-refractivity contribution < 1.29 is 22.7 Å². The first-order chi connectivity index (χ1) is 12.9. The molecule has 1 unspecified atom stereocenters. The fraction of sp³-hybridized carbons (Fsp3) is 0.350. The Balaban J connectivity index is 1.77. The molecule has 140 valence electrons. The molecule has 0 radical (unpaired) electrons. The minimum absolute atomic E-state index is 0.117. The highest BCUT2D eigenvalue weighted by molar-refractivity contribution is 7.92. The quantitative estimate of drug-likeness (QED) is 0.786. The van der Waals surface area contributed by atoms with Gasteiger partial charge in [-0.25, -0.2) is 17.7 Å². The third-order valence-corrected chi connectivity index (χ3v) is 7.60. The van der Waals surface area contributed by atoms with Crippen molar-refractivity contribution in [2.24, 2.45) is 0 Å². The number of fused-ring (bicyclic) bond motifs is 1. The van der Waals surface area contributed by atoms with Gasteiger partial charge in [-0.2, -0.15) is 0 Å². The number of sulfone groups is 1.